The first-order valence-corrected chi connectivity index (χ1v) is 5.08. The Hall–Kier alpha value is -1.19. The molecule has 2 N–H and O–H groups in total. The van der Waals surface area contributed by atoms with Crippen molar-refractivity contribution in [1.29, 1.82) is 0 Å². The Morgan fingerprint density at radius 1 is 1.27 bits per heavy atom. The third kappa shape index (κ3) is 1.94. The summed E-state index contributed by atoms with van der Waals surface area (Å²) in [5, 5.41) is 5.10. The van der Waals surface area contributed by atoms with E-state index in [0.29, 0.717) is 15.9 Å². The molecule has 15 heavy (non-hydrogen) atoms. The summed E-state index contributed by atoms with van der Waals surface area (Å²) in [5.41, 5.74) is 7.52. The molecule has 1 heterocycles. The summed E-state index contributed by atoms with van der Waals surface area (Å²) < 4.78 is 1.66. The van der Waals surface area contributed by atoms with E-state index < -0.39 is 0 Å². The molecule has 5 heteroatoms. The highest BCUT2D eigenvalue weighted by Gasteiger charge is 2.08. The molecule has 2 aromatic rings. The van der Waals surface area contributed by atoms with Crippen LogP contribution >= 0.6 is 23.2 Å². The van der Waals surface area contributed by atoms with Crippen molar-refractivity contribution < 1.29 is 0 Å². The Morgan fingerprint density at radius 3 is 2.53 bits per heavy atom. The molecule has 0 amide bonds. The zero-order chi connectivity index (χ0) is 11.0. The first kappa shape index (κ1) is 10.3. The second-order valence-electron chi connectivity index (χ2n) is 3.23. The smallest absolute Gasteiger partial charge is 0.153 e. The predicted octanol–water partition coefficient (Wildman–Crippen LogP) is 2.98. The molecule has 1 aromatic carbocycles. The fraction of sp³-hybridized carbons (Fsp3) is 0.100. The zero-order valence-electron chi connectivity index (χ0n) is 8.04. The molecule has 0 aliphatic rings. The lowest BCUT2D eigenvalue weighted by atomic mass is 10.1. The lowest BCUT2D eigenvalue weighted by Crippen LogP contribution is -1.90. The second kappa shape index (κ2) is 3.76. The molecular formula is C10H9Cl2N3. The van der Waals surface area contributed by atoms with Crippen LogP contribution in [0, 0.1) is 0 Å². The van der Waals surface area contributed by atoms with Crippen molar-refractivity contribution in [2.24, 2.45) is 7.05 Å². The number of aromatic nitrogens is 2. The van der Waals surface area contributed by atoms with Gasteiger partial charge in [-0.15, -0.1) is 0 Å². The maximum absolute atomic E-state index is 5.92. The molecule has 78 valence electrons. The Bertz CT molecular complexity index is 505. The van der Waals surface area contributed by atoms with Crippen LogP contribution in [0.3, 0.4) is 0 Å². The largest absolute Gasteiger partial charge is 0.382 e. The third-order valence-corrected chi connectivity index (χ3v) is 2.83. The number of halogens is 2. The van der Waals surface area contributed by atoms with Crippen molar-refractivity contribution in [2.45, 2.75) is 0 Å². The highest BCUT2D eigenvalue weighted by molar-refractivity contribution is 6.42. The second-order valence-corrected chi connectivity index (χ2v) is 4.04. The van der Waals surface area contributed by atoms with Gasteiger partial charge in [0.25, 0.3) is 0 Å². The normalized spacial score (nSPS) is 10.6. The van der Waals surface area contributed by atoms with Gasteiger partial charge in [-0.05, 0) is 17.7 Å². The van der Waals surface area contributed by atoms with E-state index in [9.17, 15) is 0 Å². The predicted molar refractivity (Wildman–Crippen MR) is 63.1 cm³/mol. The van der Waals surface area contributed by atoms with Gasteiger partial charge in [-0.3, -0.25) is 4.68 Å². The Balaban J connectivity index is 2.54. The Morgan fingerprint density at radius 2 is 2.00 bits per heavy atom. The highest BCUT2D eigenvalue weighted by atomic mass is 35.5. The summed E-state index contributed by atoms with van der Waals surface area (Å²) >= 11 is 11.8. The van der Waals surface area contributed by atoms with Crippen LogP contribution in [-0.4, -0.2) is 9.78 Å². The van der Waals surface area contributed by atoms with E-state index in [2.05, 4.69) is 5.10 Å². The van der Waals surface area contributed by atoms with Crippen LogP contribution < -0.4 is 5.73 Å². The van der Waals surface area contributed by atoms with E-state index in [0.717, 1.165) is 11.1 Å². The van der Waals surface area contributed by atoms with Gasteiger partial charge in [-0.2, -0.15) is 5.10 Å². The minimum absolute atomic E-state index is 0.482. The molecule has 0 atom stereocenters. The summed E-state index contributed by atoms with van der Waals surface area (Å²) in [6.07, 6.45) is 1.84. The maximum atomic E-state index is 5.92. The van der Waals surface area contributed by atoms with Gasteiger partial charge < -0.3 is 5.73 Å². The van der Waals surface area contributed by atoms with Gasteiger partial charge in [0, 0.05) is 18.8 Å². The Kier molecular flexibility index (Phi) is 2.59. The Labute approximate surface area is 97.4 Å². The van der Waals surface area contributed by atoms with Gasteiger partial charge in [0.05, 0.1) is 10.0 Å². The number of nitrogens with zero attached hydrogens (tertiary/aromatic N) is 2. The molecular weight excluding hydrogens is 233 g/mol. The number of benzene rings is 1. The number of hydrogen-bond donors (Lipinski definition) is 1. The van der Waals surface area contributed by atoms with Crippen molar-refractivity contribution in [2.75, 3.05) is 5.73 Å². The number of aryl methyl sites for hydroxylation is 1. The minimum Gasteiger partial charge on any atom is -0.382 e. The molecule has 0 unspecified atom stereocenters. The van der Waals surface area contributed by atoms with Gasteiger partial charge in [0.2, 0.25) is 0 Å². The van der Waals surface area contributed by atoms with Crippen molar-refractivity contribution in [1.82, 2.24) is 9.78 Å². The van der Waals surface area contributed by atoms with Crippen molar-refractivity contribution in [3.8, 4) is 11.1 Å². The van der Waals surface area contributed by atoms with Crippen LogP contribution in [-0.2, 0) is 7.05 Å². The molecule has 1 aromatic heterocycles. The fourth-order valence-corrected chi connectivity index (χ4v) is 1.69. The van der Waals surface area contributed by atoms with Crippen molar-refractivity contribution in [3.63, 3.8) is 0 Å². The van der Waals surface area contributed by atoms with Gasteiger partial charge in [-0.1, -0.05) is 29.3 Å². The lowest BCUT2D eigenvalue weighted by molar-refractivity contribution is 0.772. The summed E-state index contributed by atoms with van der Waals surface area (Å²) in [6.45, 7) is 0. The van der Waals surface area contributed by atoms with Gasteiger partial charge in [0.1, 0.15) is 0 Å². The highest BCUT2D eigenvalue weighted by Crippen LogP contribution is 2.30. The van der Waals surface area contributed by atoms with Gasteiger partial charge >= 0.3 is 0 Å². The summed E-state index contributed by atoms with van der Waals surface area (Å²) in [4.78, 5) is 0. The number of nitrogens with two attached hydrogens (primary N) is 1. The van der Waals surface area contributed by atoms with Crippen molar-refractivity contribution >= 4 is 29.0 Å². The average Bonchev–Trinajstić information content (AvgIpc) is 2.50. The molecule has 2 rings (SSSR count). The van der Waals surface area contributed by atoms with Gasteiger partial charge in [0.15, 0.2) is 5.82 Å². The van der Waals surface area contributed by atoms with Crippen molar-refractivity contribution in [3.05, 3.63) is 34.4 Å². The van der Waals surface area contributed by atoms with Crippen LogP contribution in [0.5, 0.6) is 0 Å². The molecule has 0 aliphatic heterocycles. The van der Waals surface area contributed by atoms with Crippen LogP contribution in [0.15, 0.2) is 24.4 Å². The fourth-order valence-electron chi connectivity index (χ4n) is 1.39. The van der Waals surface area contributed by atoms with Gasteiger partial charge in [-0.25, -0.2) is 0 Å². The van der Waals surface area contributed by atoms with E-state index in [1.807, 2.05) is 19.3 Å². The third-order valence-electron chi connectivity index (χ3n) is 2.09. The van der Waals surface area contributed by atoms with Crippen LogP contribution in [0.2, 0.25) is 10.0 Å². The topological polar surface area (TPSA) is 43.8 Å². The van der Waals surface area contributed by atoms with E-state index in [1.54, 1.807) is 16.8 Å². The zero-order valence-corrected chi connectivity index (χ0v) is 9.55. The summed E-state index contributed by atoms with van der Waals surface area (Å²) in [6, 6.07) is 5.38. The average molecular weight is 242 g/mol. The molecule has 0 saturated heterocycles. The van der Waals surface area contributed by atoms with Crippen LogP contribution in [0.1, 0.15) is 0 Å². The SMILES string of the molecule is Cn1cc(-c2ccc(Cl)c(Cl)c2)c(N)n1. The maximum Gasteiger partial charge on any atom is 0.153 e. The molecule has 0 bridgehead atoms. The van der Waals surface area contributed by atoms with E-state index >= 15 is 0 Å². The van der Waals surface area contributed by atoms with E-state index in [-0.39, 0.29) is 0 Å². The first-order valence-electron chi connectivity index (χ1n) is 4.32. The number of anilines is 1. The summed E-state index contributed by atoms with van der Waals surface area (Å²) in [5.74, 6) is 0.482. The number of nitrogen functional groups attached to an aromatic ring is 1. The molecule has 0 aliphatic carbocycles. The van der Waals surface area contributed by atoms with E-state index in [4.69, 9.17) is 28.9 Å². The quantitative estimate of drug-likeness (QED) is 0.835. The minimum atomic E-state index is 0.482. The lowest BCUT2D eigenvalue weighted by Gasteiger charge is -2.00. The van der Waals surface area contributed by atoms with Crippen LogP contribution in [0.4, 0.5) is 5.82 Å². The van der Waals surface area contributed by atoms with Crippen LogP contribution in [0.25, 0.3) is 11.1 Å². The molecule has 0 spiro atoms. The first-order chi connectivity index (χ1) is 7.08. The number of rotatable bonds is 1. The number of hydrogen-bond acceptors (Lipinski definition) is 2. The van der Waals surface area contributed by atoms with E-state index in [1.165, 1.54) is 0 Å². The molecule has 0 saturated carbocycles. The molecule has 3 nitrogen and oxygen atoms in total. The molecule has 0 radical (unpaired) electrons. The summed E-state index contributed by atoms with van der Waals surface area (Å²) in [7, 11) is 1.82. The molecule has 0 fully saturated rings. The monoisotopic (exact) mass is 241 g/mol. The standard InChI is InChI=1S/C10H9Cl2N3/c1-15-5-7(10(13)14-15)6-2-3-8(11)9(12)4-6/h2-5H,1H3,(H2,13,14).